The third kappa shape index (κ3) is 2.74. The Kier molecular flexibility index (Phi) is 4.28. The van der Waals surface area contributed by atoms with E-state index in [-0.39, 0.29) is 30.0 Å². The number of fused-ring (bicyclic) bond motifs is 1. The summed E-state index contributed by atoms with van der Waals surface area (Å²) < 4.78 is 5.75. The summed E-state index contributed by atoms with van der Waals surface area (Å²) in [7, 11) is 0. The number of nitrogens with one attached hydrogen (secondary N) is 2. The SMILES string of the molecule is CC(=O)N[C@H]1[C@H](NC(=O)C2(c3ccccc3)CCCC2)[C@@H]2CCO[C@@H]21. The minimum atomic E-state index is -0.424. The van der Waals surface area contributed by atoms with Gasteiger partial charge in [-0.25, -0.2) is 0 Å². The van der Waals surface area contributed by atoms with Gasteiger partial charge in [-0.3, -0.25) is 9.59 Å². The summed E-state index contributed by atoms with van der Waals surface area (Å²) in [5.41, 5.74) is 0.687. The van der Waals surface area contributed by atoms with Gasteiger partial charge in [-0.05, 0) is 24.8 Å². The Bertz CT molecular complexity index is 654. The first-order chi connectivity index (χ1) is 12.1. The van der Waals surface area contributed by atoms with Crippen molar-refractivity contribution in [3.63, 3.8) is 0 Å². The van der Waals surface area contributed by atoms with E-state index in [1.807, 2.05) is 18.2 Å². The van der Waals surface area contributed by atoms with Gasteiger partial charge in [0.15, 0.2) is 0 Å². The summed E-state index contributed by atoms with van der Waals surface area (Å²) in [5, 5.41) is 6.26. The number of ether oxygens (including phenoxy) is 1. The molecule has 0 radical (unpaired) electrons. The molecule has 2 amide bonds. The molecule has 25 heavy (non-hydrogen) atoms. The van der Waals surface area contributed by atoms with Crippen molar-refractivity contribution in [1.29, 1.82) is 0 Å². The van der Waals surface area contributed by atoms with Crippen molar-refractivity contribution in [3.05, 3.63) is 35.9 Å². The number of hydrogen-bond acceptors (Lipinski definition) is 3. The summed E-state index contributed by atoms with van der Waals surface area (Å²) >= 11 is 0. The maximum Gasteiger partial charge on any atom is 0.230 e. The lowest BCUT2D eigenvalue weighted by Crippen LogP contribution is -2.71. The van der Waals surface area contributed by atoms with Crippen LogP contribution in [0.15, 0.2) is 30.3 Å². The zero-order valence-electron chi connectivity index (χ0n) is 14.7. The topological polar surface area (TPSA) is 67.4 Å². The number of carbonyl (C=O) groups excluding carboxylic acids is 2. The van der Waals surface area contributed by atoms with Gasteiger partial charge < -0.3 is 15.4 Å². The van der Waals surface area contributed by atoms with Gasteiger partial charge in [-0.1, -0.05) is 43.2 Å². The summed E-state index contributed by atoms with van der Waals surface area (Å²) in [5.74, 6) is 0.355. The normalized spacial score (nSPS) is 32.5. The molecule has 5 nitrogen and oxygen atoms in total. The molecule has 1 heterocycles. The van der Waals surface area contributed by atoms with Crippen LogP contribution in [-0.4, -0.2) is 36.6 Å². The van der Waals surface area contributed by atoms with Crippen molar-refractivity contribution in [2.45, 2.75) is 62.6 Å². The van der Waals surface area contributed by atoms with E-state index in [0.717, 1.165) is 37.7 Å². The largest absolute Gasteiger partial charge is 0.376 e. The van der Waals surface area contributed by atoms with Gasteiger partial charge in [-0.15, -0.1) is 0 Å². The predicted octanol–water partition coefficient (Wildman–Crippen LogP) is 1.91. The van der Waals surface area contributed by atoms with Crippen LogP contribution in [0.3, 0.4) is 0 Å². The Morgan fingerprint density at radius 3 is 2.48 bits per heavy atom. The van der Waals surface area contributed by atoms with Crippen LogP contribution in [-0.2, 0) is 19.7 Å². The first kappa shape index (κ1) is 16.6. The van der Waals surface area contributed by atoms with Gasteiger partial charge in [-0.2, -0.15) is 0 Å². The third-order valence-electron chi connectivity index (χ3n) is 6.27. The van der Waals surface area contributed by atoms with Crippen molar-refractivity contribution in [1.82, 2.24) is 10.6 Å². The lowest BCUT2D eigenvalue weighted by molar-refractivity contribution is -0.134. The summed E-state index contributed by atoms with van der Waals surface area (Å²) in [6.07, 6.45) is 4.94. The molecule has 4 rings (SSSR count). The molecule has 2 saturated carbocycles. The summed E-state index contributed by atoms with van der Waals surface area (Å²) in [6, 6.07) is 10.0. The van der Waals surface area contributed by atoms with E-state index in [9.17, 15) is 9.59 Å². The highest BCUT2D eigenvalue weighted by Gasteiger charge is 2.56. The Morgan fingerprint density at radius 1 is 1.08 bits per heavy atom. The third-order valence-corrected chi connectivity index (χ3v) is 6.27. The quantitative estimate of drug-likeness (QED) is 0.878. The molecule has 0 bridgehead atoms. The van der Waals surface area contributed by atoms with E-state index < -0.39 is 5.41 Å². The van der Waals surface area contributed by atoms with Crippen LogP contribution in [0.2, 0.25) is 0 Å². The second kappa shape index (κ2) is 6.45. The number of benzene rings is 1. The summed E-state index contributed by atoms with van der Waals surface area (Å²) in [4.78, 5) is 24.9. The molecule has 1 aromatic carbocycles. The molecular formula is C20H26N2O3. The van der Waals surface area contributed by atoms with E-state index in [0.29, 0.717) is 12.5 Å². The van der Waals surface area contributed by atoms with Crippen LogP contribution in [0.5, 0.6) is 0 Å². The van der Waals surface area contributed by atoms with Crippen LogP contribution in [0.1, 0.15) is 44.6 Å². The Hall–Kier alpha value is -1.88. The van der Waals surface area contributed by atoms with Gasteiger partial charge >= 0.3 is 0 Å². The molecule has 3 aliphatic rings. The Morgan fingerprint density at radius 2 is 1.80 bits per heavy atom. The van der Waals surface area contributed by atoms with Crippen molar-refractivity contribution in [2.75, 3.05) is 6.61 Å². The Labute approximate surface area is 148 Å². The second-order valence-corrected chi connectivity index (χ2v) is 7.67. The van der Waals surface area contributed by atoms with Gasteiger partial charge in [0.05, 0.1) is 23.6 Å². The van der Waals surface area contributed by atoms with E-state index in [1.54, 1.807) is 0 Å². The highest BCUT2D eigenvalue weighted by molar-refractivity contribution is 5.89. The number of hydrogen-bond donors (Lipinski definition) is 2. The average Bonchev–Trinajstić information content (AvgIpc) is 3.26. The molecule has 0 spiro atoms. The molecule has 134 valence electrons. The lowest BCUT2D eigenvalue weighted by atomic mass is 9.70. The minimum Gasteiger partial charge on any atom is -0.376 e. The minimum absolute atomic E-state index is 0.0231. The molecule has 2 N–H and O–H groups in total. The smallest absolute Gasteiger partial charge is 0.230 e. The van der Waals surface area contributed by atoms with Gasteiger partial charge in [0.2, 0.25) is 11.8 Å². The first-order valence-corrected chi connectivity index (χ1v) is 9.37. The standard InChI is InChI=1S/C20H26N2O3/c1-13(23)21-17-16(15-9-12-25-18(15)17)22-19(24)20(10-5-6-11-20)14-7-3-2-4-8-14/h2-4,7-8,15-18H,5-6,9-12H2,1H3,(H,21,23)(H,22,24)/t15-,16+,17-,18-/m0/s1. The van der Waals surface area contributed by atoms with E-state index >= 15 is 0 Å². The highest BCUT2D eigenvalue weighted by Crippen LogP contribution is 2.43. The molecule has 1 saturated heterocycles. The molecule has 5 heteroatoms. The molecule has 3 fully saturated rings. The maximum absolute atomic E-state index is 13.3. The molecule has 2 aliphatic carbocycles. The van der Waals surface area contributed by atoms with Crippen LogP contribution in [0.25, 0.3) is 0 Å². The average molecular weight is 342 g/mol. The van der Waals surface area contributed by atoms with Crippen molar-refractivity contribution < 1.29 is 14.3 Å². The van der Waals surface area contributed by atoms with Gasteiger partial charge in [0, 0.05) is 19.4 Å². The van der Waals surface area contributed by atoms with Crippen molar-refractivity contribution in [2.24, 2.45) is 5.92 Å². The zero-order chi connectivity index (χ0) is 17.4. The van der Waals surface area contributed by atoms with Gasteiger partial charge in [0.25, 0.3) is 0 Å². The number of rotatable bonds is 4. The lowest BCUT2D eigenvalue weighted by Gasteiger charge is -2.48. The predicted molar refractivity (Wildman–Crippen MR) is 94.0 cm³/mol. The second-order valence-electron chi connectivity index (χ2n) is 7.67. The molecule has 1 aliphatic heterocycles. The maximum atomic E-state index is 13.3. The van der Waals surface area contributed by atoms with Crippen LogP contribution >= 0.6 is 0 Å². The molecule has 0 aromatic heterocycles. The van der Waals surface area contributed by atoms with E-state index in [4.69, 9.17) is 4.74 Å². The van der Waals surface area contributed by atoms with Gasteiger partial charge in [0.1, 0.15) is 0 Å². The summed E-state index contributed by atoms with van der Waals surface area (Å²) in [6.45, 7) is 2.23. The fourth-order valence-electron chi connectivity index (χ4n) is 4.98. The number of carbonyl (C=O) groups is 2. The highest BCUT2D eigenvalue weighted by atomic mass is 16.5. The monoisotopic (exact) mass is 342 g/mol. The van der Waals surface area contributed by atoms with E-state index in [2.05, 4.69) is 22.8 Å². The molecule has 1 aromatic rings. The van der Waals surface area contributed by atoms with Crippen molar-refractivity contribution in [3.8, 4) is 0 Å². The van der Waals surface area contributed by atoms with Crippen LogP contribution < -0.4 is 10.6 Å². The fraction of sp³-hybridized carbons (Fsp3) is 0.600. The fourth-order valence-corrected chi connectivity index (χ4v) is 4.98. The van der Waals surface area contributed by atoms with Crippen LogP contribution in [0.4, 0.5) is 0 Å². The van der Waals surface area contributed by atoms with Crippen molar-refractivity contribution >= 4 is 11.8 Å². The van der Waals surface area contributed by atoms with E-state index in [1.165, 1.54) is 6.92 Å². The zero-order valence-corrected chi connectivity index (χ0v) is 14.7. The van der Waals surface area contributed by atoms with Crippen LogP contribution in [0, 0.1) is 5.92 Å². The Balaban J connectivity index is 1.54. The number of amides is 2. The first-order valence-electron chi connectivity index (χ1n) is 9.37. The molecule has 4 atom stereocenters. The molecular weight excluding hydrogens is 316 g/mol. The molecule has 0 unspecified atom stereocenters.